The van der Waals surface area contributed by atoms with Crippen molar-refractivity contribution in [3.63, 3.8) is 0 Å². The standard InChI is InChI=1S/C22H20N2O5S/c1-29-19-7-3-5-16(13-19)22(26)23-17-11-9-15(10-12-17)21(25)24-18-6-4-8-20(14-18)30(2,27)28/h3-14H,1-2H3,(H,23,26)(H,24,25). The number of anilines is 2. The van der Waals surface area contributed by atoms with E-state index in [2.05, 4.69) is 10.6 Å². The summed E-state index contributed by atoms with van der Waals surface area (Å²) in [5.74, 6) is -0.121. The van der Waals surface area contributed by atoms with E-state index in [-0.39, 0.29) is 10.8 Å². The molecule has 0 fully saturated rings. The van der Waals surface area contributed by atoms with Crippen LogP contribution < -0.4 is 15.4 Å². The Hall–Kier alpha value is -3.65. The molecule has 3 aromatic rings. The van der Waals surface area contributed by atoms with Gasteiger partial charge in [-0.1, -0.05) is 12.1 Å². The van der Waals surface area contributed by atoms with Gasteiger partial charge < -0.3 is 15.4 Å². The van der Waals surface area contributed by atoms with E-state index in [0.29, 0.717) is 28.3 Å². The first-order valence-electron chi connectivity index (χ1n) is 8.93. The van der Waals surface area contributed by atoms with Gasteiger partial charge in [-0.15, -0.1) is 0 Å². The third-order valence-corrected chi connectivity index (χ3v) is 5.37. The average molecular weight is 424 g/mol. The van der Waals surface area contributed by atoms with Crippen LogP contribution in [0, 0.1) is 0 Å². The Kier molecular flexibility index (Phi) is 6.17. The Balaban J connectivity index is 1.68. The van der Waals surface area contributed by atoms with E-state index < -0.39 is 15.7 Å². The monoisotopic (exact) mass is 424 g/mol. The second kappa shape index (κ2) is 8.79. The van der Waals surface area contributed by atoms with Gasteiger partial charge >= 0.3 is 0 Å². The van der Waals surface area contributed by atoms with Crippen LogP contribution in [0.2, 0.25) is 0 Å². The Morgan fingerprint density at radius 3 is 2.07 bits per heavy atom. The average Bonchev–Trinajstić information content (AvgIpc) is 2.74. The van der Waals surface area contributed by atoms with Crippen LogP contribution in [0.5, 0.6) is 5.75 Å². The van der Waals surface area contributed by atoms with Crippen molar-refractivity contribution in [2.75, 3.05) is 24.0 Å². The van der Waals surface area contributed by atoms with Crippen molar-refractivity contribution in [2.24, 2.45) is 0 Å². The molecule has 0 saturated carbocycles. The molecular formula is C22H20N2O5S. The summed E-state index contributed by atoms with van der Waals surface area (Å²) in [5.41, 5.74) is 1.71. The second-order valence-electron chi connectivity index (χ2n) is 6.52. The fraction of sp³-hybridized carbons (Fsp3) is 0.0909. The lowest BCUT2D eigenvalue weighted by Gasteiger charge is -2.09. The molecule has 0 aliphatic carbocycles. The maximum Gasteiger partial charge on any atom is 0.255 e. The molecule has 0 bridgehead atoms. The number of amides is 2. The molecule has 3 aromatic carbocycles. The highest BCUT2D eigenvalue weighted by Gasteiger charge is 2.11. The van der Waals surface area contributed by atoms with E-state index in [4.69, 9.17) is 4.74 Å². The number of hydrogen-bond acceptors (Lipinski definition) is 5. The lowest BCUT2D eigenvalue weighted by Crippen LogP contribution is -2.14. The van der Waals surface area contributed by atoms with Gasteiger partial charge in [0.25, 0.3) is 11.8 Å². The summed E-state index contributed by atoms with van der Waals surface area (Å²) in [6, 6.07) is 19.1. The molecule has 8 heteroatoms. The number of carbonyl (C=O) groups excluding carboxylic acids is 2. The summed E-state index contributed by atoms with van der Waals surface area (Å²) in [7, 11) is -1.84. The molecule has 0 aromatic heterocycles. The lowest BCUT2D eigenvalue weighted by molar-refractivity contribution is 0.101. The Bertz CT molecular complexity index is 1190. The summed E-state index contributed by atoms with van der Waals surface area (Å²) >= 11 is 0. The third-order valence-electron chi connectivity index (χ3n) is 4.26. The molecule has 0 heterocycles. The number of hydrogen-bond donors (Lipinski definition) is 2. The first-order valence-corrected chi connectivity index (χ1v) is 10.8. The maximum atomic E-state index is 12.4. The van der Waals surface area contributed by atoms with Crippen molar-refractivity contribution in [1.82, 2.24) is 0 Å². The quantitative estimate of drug-likeness (QED) is 0.630. The molecule has 3 rings (SSSR count). The molecule has 7 nitrogen and oxygen atoms in total. The number of nitrogens with one attached hydrogen (secondary N) is 2. The van der Waals surface area contributed by atoms with E-state index in [1.165, 1.54) is 19.2 Å². The van der Waals surface area contributed by atoms with Crippen molar-refractivity contribution in [3.8, 4) is 5.75 Å². The topological polar surface area (TPSA) is 102 Å². The largest absolute Gasteiger partial charge is 0.497 e. The molecule has 0 saturated heterocycles. The zero-order valence-corrected chi connectivity index (χ0v) is 17.2. The van der Waals surface area contributed by atoms with E-state index in [1.54, 1.807) is 60.7 Å². The minimum Gasteiger partial charge on any atom is -0.497 e. The summed E-state index contributed by atoms with van der Waals surface area (Å²) < 4.78 is 28.4. The van der Waals surface area contributed by atoms with E-state index in [0.717, 1.165) is 6.26 Å². The summed E-state index contributed by atoms with van der Waals surface area (Å²) in [4.78, 5) is 24.9. The highest BCUT2D eigenvalue weighted by Crippen LogP contribution is 2.18. The van der Waals surface area contributed by atoms with Crippen molar-refractivity contribution in [3.05, 3.63) is 83.9 Å². The number of ether oxygens (including phenoxy) is 1. The van der Waals surface area contributed by atoms with Crippen LogP contribution in [0.4, 0.5) is 11.4 Å². The van der Waals surface area contributed by atoms with Gasteiger partial charge in [-0.05, 0) is 60.7 Å². The van der Waals surface area contributed by atoms with Crippen LogP contribution in [0.3, 0.4) is 0 Å². The fourth-order valence-corrected chi connectivity index (χ4v) is 3.35. The minimum atomic E-state index is -3.37. The van der Waals surface area contributed by atoms with Crippen LogP contribution in [0.25, 0.3) is 0 Å². The Labute approximate surface area is 174 Å². The van der Waals surface area contributed by atoms with Gasteiger partial charge in [-0.2, -0.15) is 0 Å². The number of rotatable bonds is 6. The molecule has 0 aliphatic heterocycles. The van der Waals surface area contributed by atoms with Gasteiger partial charge in [0, 0.05) is 28.8 Å². The minimum absolute atomic E-state index is 0.121. The number of methoxy groups -OCH3 is 1. The zero-order chi connectivity index (χ0) is 21.7. The molecule has 0 spiro atoms. The molecular weight excluding hydrogens is 404 g/mol. The van der Waals surface area contributed by atoms with E-state index in [1.807, 2.05) is 0 Å². The van der Waals surface area contributed by atoms with Crippen molar-refractivity contribution in [2.45, 2.75) is 4.90 Å². The molecule has 0 atom stereocenters. The lowest BCUT2D eigenvalue weighted by atomic mass is 10.1. The molecule has 2 N–H and O–H groups in total. The normalized spacial score (nSPS) is 10.9. The van der Waals surface area contributed by atoms with E-state index in [9.17, 15) is 18.0 Å². The third kappa shape index (κ3) is 5.24. The van der Waals surface area contributed by atoms with Crippen molar-refractivity contribution >= 4 is 33.0 Å². The highest BCUT2D eigenvalue weighted by molar-refractivity contribution is 7.90. The predicted molar refractivity (Wildman–Crippen MR) is 115 cm³/mol. The van der Waals surface area contributed by atoms with Gasteiger partial charge in [0.1, 0.15) is 5.75 Å². The van der Waals surface area contributed by atoms with Gasteiger partial charge in [-0.25, -0.2) is 8.42 Å². The summed E-state index contributed by atoms with van der Waals surface area (Å²) in [6.07, 6.45) is 1.10. The summed E-state index contributed by atoms with van der Waals surface area (Å²) in [5, 5.41) is 5.42. The van der Waals surface area contributed by atoms with Crippen LogP contribution in [-0.4, -0.2) is 33.6 Å². The number of benzene rings is 3. The fourth-order valence-electron chi connectivity index (χ4n) is 2.68. The summed E-state index contributed by atoms with van der Waals surface area (Å²) in [6.45, 7) is 0. The van der Waals surface area contributed by atoms with Gasteiger partial charge in [0.2, 0.25) is 0 Å². The number of sulfone groups is 1. The Morgan fingerprint density at radius 1 is 0.767 bits per heavy atom. The molecule has 30 heavy (non-hydrogen) atoms. The van der Waals surface area contributed by atoms with Crippen LogP contribution in [0.15, 0.2) is 77.7 Å². The second-order valence-corrected chi connectivity index (χ2v) is 8.53. The molecule has 0 aliphatic rings. The highest BCUT2D eigenvalue weighted by atomic mass is 32.2. The zero-order valence-electron chi connectivity index (χ0n) is 16.4. The van der Waals surface area contributed by atoms with Crippen LogP contribution >= 0.6 is 0 Å². The van der Waals surface area contributed by atoms with Crippen LogP contribution in [-0.2, 0) is 9.84 Å². The molecule has 154 valence electrons. The predicted octanol–water partition coefficient (Wildman–Crippen LogP) is 3.60. The van der Waals surface area contributed by atoms with Crippen molar-refractivity contribution < 1.29 is 22.7 Å². The SMILES string of the molecule is COc1cccc(C(=O)Nc2ccc(C(=O)Nc3cccc(S(C)(=O)=O)c3)cc2)c1. The number of carbonyl (C=O) groups is 2. The van der Waals surface area contributed by atoms with Crippen molar-refractivity contribution in [1.29, 1.82) is 0 Å². The molecule has 0 radical (unpaired) electrons. The smallest absolute Gasteiger partial charge is 0.255 e. The first-order chi connectivity index (χ1) is 14.3. The van der Waals surface area contributed by atoms with Gasteiger partial charge in [0.15, 0.2) is 9.84 Å². The van der Waals surface area contributed by atoms with E-state index >= 15 is 0 Å². The molecule has 0 unspecified atom stereocenters. The molecule has 2 amide bonds. The van der Waals surface area contributed by atoms with Gasteiger partial charge in [-0.3, -0.25) is 9.59 Å². The Morgan fingerprint density at radius 2 is 1.40 bits per heavy atom. The maximum absolute atomic E-state index is 12.4. The first kappa shape index (κ1) is 21.1. The van der Waals surface area contributed by atoms with Gasteiger partial charge in [0.05, 0.1) is 12.0 Å². The van der Waals surface area contributed by atoms with Crippen LogP contribution in [0.1, 0.15) is 20.7 Å².